The Morgan fingerprint density at radius 2 is 1.43 bits per heavy atom. The Balaban J connectivity index is 1.14. The molecular weight excluding hydrogens is 687 g/mol. The highest BCUT2D eigenvalue weighted by Crippen LogP contribution is 2.42. The highest BCUT2D eigenvalue weighted by Gasteiger charge is 2.22. The molecule has 12 heteroatoms. The number of hydrogen-bond donors (Lipinski definition) is 4. The third kappa shape index (κ3) is 7.87. The lowest BCUT2D eigenvalue weighted by Gasteiger charge is -2.26. The van der Waals surface area contributed by atoms with Gasteiger partial charge >= 0.3 is 0 Å². The van der Waals surface area contributed by atoms with E-state index in [1.54, 1.807) is 20.4 Å². The first-order valence-corrected chi connectivity index (χ1v) is 18.4. The summed E-state index contributed by atoms with van der Waals surface area (Å²) in [6, 6.07) is 14.3. The minimum absolute atomic E-state index is 0.185. The topological polar surface area (TPSA) is 126 Å². The number of pyridine rings is 3. The predicted molar refractivity (Wildman–Crippen MR) is 200 cm³/mol. The van der Waals surface area contributed by atoms with Gasteiger partial charge in [0.05, 0.1) is 53.6 Å². The van der Waals surface area contributed by atoms with Crippen molar-refractivity contribution in [3.63, 3.8) is 0 Å². The summed E-state index contributed by atoms with van der Waals surface area (Å²) in [5.74, 6) is 1.15. The van der Waals surface area contributed by atoms with Gasteiger partial charge in [0.25, 0.3) is 0 Å². The molecule has 0 unspecified atom stereocenters. The highest BCUT2D eigenvalue weighted by atomic mass is 35.5. The van der Waals surface area contributed by atoms with Gasteiger partial charge in [0.1, 0.15) is 0 Å². The zero-order valence-corrected chi connectivity index (χ0v) is 30.4. The van der Waals surface area contributed by atoms with Gasteiger partial charge in [0.2, 0.25) is 5.88 Å². The zero-order valence-electron chi connectivity index (χ0n) is 28.9. The van der Waals surface area contributed by atoms with Crippen LogP contribution in [0.1, 0.15) is 62.6 Å². The Kier molecular flexibility index (Phi) is 11.1. The van der Waals surface area contributed by atoms with Crippen LogP contribution in [-0.2, 0) is 13.1 Å². The Hall–Kier alpha value is -3.77. The second-order valence-corrected chi connectivity index (χ2v) is 14.3. The van der Waals surface area contributed by atoms with Crippen molar-refractivity contribution in [2.45, 2.75) is 88.7 Å². The standard InChI is InChI=1S/C39H44Cl2N6O4/c1-50-34-18-24(21-47-22-27(45-38(34)47)20-44-26-9-13-29(49)14-10-26)37-36(41)31(16-17-42-37)30-4-3-5-32(35(30)40)33-15-6-23(39(46-33)51-2)19-43-25-7-11-28(48)12-8-25/h3-6,15-18,21-22,25-26,28-29,43-44,48-49H,7-14,19-20H2,1-2H3/t25-,26-,28+,29+. The van der Waals surface area contributed by atoms with Crippen molar-refractivity contribution in [1.29, 1.82) is 0 Å². The molecule has 1 aromatic carbocycles. The maximum absolute atomic E-state index is 9.85. The van der Waals surface area contributed by atoms with E-state index in [0.29, 0.717) is 63.9 Å². The van der Waals surface area contributed by atoms with Crippen LogP contribution in [0.25, 0.3) is 39.3 Å². The third-order valence-corrected chi connectivity index (χ3v) is 11.0. The fourth-order valence-electron chi connectivity index (χ4n) is 7.27. The van der Waals surface area contributed by atoms with E-state index in [9.17, 15) is 10.2 Å². The van der Waals surface area contributed by atoms with Crippen LogP contribution in [-0.4, -0.2) is 68.1 Å². The first-order valence-electron chi connectivity index (χ1n) is 17.7. The van der Waals surface area contributed by atoms with Gasteiger partial charge in [0.15, 0.2) is 11.4 Å². The van der Waals surface area contributed by atoms with Crippen molar-refractivity contribution >= 4 is 28.8 Å². The molecule has 0 saturated heterocycles. The van der Waals surface area contributed by atoms with E-state index in [1.807, 2.05) is 59.3 Å². The molecule has 0 atom stereocenters. The summed E-state index contributed by atoms with van der Waals surface area (Å²) in [7, 11) is 3.26. The fraction of sp³-hybridized carbons (Fsp3) is 0.410. The largest absolute Gasteiger partial charge is 0.493 e. The number of aliphatic hydroxyl groups is 2. The Labute approximate surface area is 308 Å². The van der Waals surface area contributed by atoms with Crippen LogP contribution < -0.4 is 20.1 Å². The number of benzene rings is 1. The number of rotatable bonds is 11. The summed E-state index contributed by atoms with van der Waals surface area (Å²) < 4.78 is 13.4. The van der Waals surface area contributed by atoms with E-state index in [0.717, 1.165) is 84.9 Å². The average Bonchev–Trinajstić information content (AvgIpc) is 3.57. The first kappa shape index (κ1) is 35.6. The molecule has 2 aliphatic rings. The van der Waals surface area contributed by atoms with Gasteiger partial charge in [0, 0.05) is 71.6 Å². The van der Waals surface area contributed by atoms with Crippen molar-refractivity contribution in [1.82, 2.24) is 30.0 Å². The van der Waals surface area contributed by atoms with Crippen LogP contribution in [0.15, 0.2) is 61.1 Å². The molecule has 51 heavy (non-hydrogen) atoms. The minimum Gasteiger partial charge on any atom is -0.493 e. The molecule has 4 N–H and O–H groups in total. The van der Waals surface area contributed by atoms with E-state index < -0.39 is 0 Å². The van der Waals surface area contributed by atoms with Crippen LogP contribution >= 0.6 is 23.2 Å². The first-order chi connectivity index (χ1) is 24.8. The molecule has 2 saturated carbocycles. The fourth-order valence-corrected chi connectivity index (χ4v) is 7.91. The molecule has 0 aliphatic heterocycles. The molecule has 0 radical (unpaired) electrons. The SMILES string of the molecule is COc1nc(-c2cccc(-c3ccnc(-c4cc(OC)c5nc(CN[C@H]6CC[C@@H](O)CC6)cn5c4)c3Cl)c2Cl)ccc1CN[C@H]1CC[C@@H](O)CC1. The van der Waals surface area contributed by atoms with Crippen LogP contribution in [0.4, 0.5) is 0 Å². The van der Waals surface area contributed by atoms with Crippen LogP contribution in [0.2, 0.25) is 10.0 Å². The van der Waals surface area contributed by atoms with Gasteiger partial charge in [-0.15, -0.1) is 0 Å². The van der Waals surface area contributed by atoms with Crippen LogP contribution in [0, 0.1) is 0 Å². The molecule has 10 nitrogen and oxygen atoms in total. The Bertz CT molecular complexity index is 1990. The van der Waals surface area contributed by atoms with E-state index in [-0.39, 0.29) is 12.2 Å². The molecule has 0 amide bonds. The molecule has 0 spiro atoms. The van der Waals surface area contributed by atoms with Crippen LogP contribution in [0.3, 0.4) is 0 Å². The maximum Gasteiger partial charge on any atom is 0.218 e. The van der Waals surface area contributed by atoms with Gasteiger partial charge in [-0.3, -0.25) is 4.98 Å². The number of hydrogen-bond acceptors (Lipinski definition) is 9. The van der Waals surface area contributed by atoms with Crippen molar-refractivity contribution in [3.05, 3.63) is 82.4 Å². The van der Waals surface area contributed by atoms with E-state index >= 15 is 0 Å². The number of fused-ring (bicyclic) bond motifs is 1. The maximum atomic E-state index is 9.85. The van der Waals surface area contributed by atoms with Crippen molar-refractivity contribution in [2.75, 3.05) is 14.2 Å². The number of imidazole rings is 1. The van der Waals surface area contributed by atoms with E-state index in [1.165, 1.54) is 0 Å². The zero-order chi connectivity index (χ0) is 35.5. The lowest BCUT2D eigenvalue weighted by atomic mass is 9.93. The van der Waals surface area contributed by atoms with Gasteiger partial charge in [-0.25, -0.2) is 9.97 Å². The number of ether oxygens (including phenoxy) is 2. The van der Waals surface area contributed by atoms with Gasteiger partial charge in [-0.2, -0.15) is 0 Å². The number of methoxy groups -OCH3 is 2. The molecule has 2 aliphatic carbocycles. The second kappa shape index (κ2) is 15.9. The van der Waals surface area contributed by atoms with Crippen molar-refractivity contribution in [3.8, 4) is 45.3 Å². The third-order valence-electron chi connectivity index (χ3n) is 10.2. The van der Waals surface area contributed by atoms with Gasteiger partial charge in [-0.05, 0) is 69.6 Å². The Morgan fingerprint density at radius 1 is 0.765 bits per heavy atom. The lowest BCUT2D eigenvalue weighted by Crippen LogP contribution is -2.34. The number of aliphatic hydroxyl groups excluding tert-OH is 2. The van der Waals surface area contributed by atoms with Crippen molar-refractivity contribution in [2.24, 2.45) is 0 Å². The molecule has 7 rings (SSSR count). The monoisotopic (exact) mass is 730 g/mol. The molecule has 5 aromatic rings. The molecule has 4 heterocycles. The second-order valence-electron chi connectivity index (χ2n) is 13.6. The molecular formula is C39H44Cl2N6O4. The molecule has 4 aromatic heterocycles. The summed E-state index contributed by atoms with van der Waals surface area (Å²) in [6.45, 7) is 1.25. The summed E-state index contributed by atoms with van der Waals surface area (Å²) in [5.41, 5.74) is 6.88. The number of nitrogens with one attached hydrogen (secondary N) is 2. The number of aromatic nitrogens is 4. The quantitative estimate of drug-likeness (QED) is 0.111. The van der Waals surface area contributed by atoms with Gasteiger partial charge in [-0.1, -0.05) is 47.5 Å². The number of nitrogens with zero attached hydrogens (tertiary/aromatic N) is 4. The van der Waals surface area contributed by atoms with Gasteiger partial charge < -0.3 is 34.7 Å². The predicted octanol–water partition coefficient (Wildman–Crippen LogP) is 7.24. The average molecular weight is 732 g/mol. The number of halogens is 2. The van der Waals surface area contributed by atoms with Crippen LogP contribution in [0.5, 0.6) is 11.6 Å². The highest BCUT2D eigenvalue weighted by molar-refractivity contribution is 6.39. The summed E-state index contributed by atoms with van der Waals surface area (Å²) >= 11 is 14.3. The Morgan fingerprint density at radius 3 is 2.12 bits per heavy atom. The van der Waals surface area contributed by atoms with Crippen molar-refractivity contribution < 1.29 is 19.7 Å². The minimum atomic E-state index is -0.187. The smallest absolute Gasteiger partial charge is 0.218 e. The summed E-state index contributed by atoms with van der Waals surface area (Å²) in [4.78, 5) is 14.4. The lowest BCUT2D eigenvalue weighted by molar-refractivity contribution is 0.116. The summed E-state index contributed by atoms with van der Waals surface area (Å²) in [5, 5.41) is 27.9. The van der Waals surface area contributed by atoms with E-state index in [2.05, 4.69) is 15.6 Å². The molecule has 0 bridgehead atoms. The normalized spacial score (nSPS) is 20.8. The van der Waals surface area contributed by atoms with E-state index in [4.69, 9.17) is 42.6 Å². The summed E-state index contributed by atoms with van der Waals surface area (Å²) in [6.07, 6.45) is 12.4. The molecule has 2 fully saturated rings. The molecule has 268 valence electrons.